The Balaban J connectivity index is 2.19. The SMILES string of the molecule is COc1nc(C(=O)C(O)C(O)C(O)C(O)C(=O)c2nc(Cl)c(Cl)[nH]2)n(Cl)c1OC. The lowest BCUT2D eigenvalue weighted by Gasteiger charge is -2.24. The second-order valence-electron chi connectivity index (χ2n) is 5.52. The van der Waals surface area contributed by atoms with Crippen LogP contribution in [0.2, 0.25) is 10.3 Å². The van der Waals surface area contributed by atoms with E-state index in [4.69, 9.17) is 44.5 Å². The van der Waals surface area contributed by atoms with Crippen molar-refractivity contribution in [2.24, 2.45) is 0 Å². The third kappa shape index (κ3) is 4.48. The number of Topliss-reactive ketones (excluding diaryl/α,β-unsaturated/α-hetero) is 2. The molecule has 5 N–H and O–H groups in total. The third-order valence-corrected chi connectivity index (χ3v) is 4.71. The Labute approximate surface area is 177 Å². The van der Waals surface area contributed by atoms with E-state index in [1.807, 2.05) is 0 Å². The summed E-state index contributed by atoms with van der Waals surface area (Å²) < 4.78 is 10.4. The zero-order valence-electron chi connectivity index (χ0n) is 14.7. The first-order valence-corrected chi connectivity index (χ1v) is 8.73. The molecule has 4 atom stereocenters. The van der Waals surface area contributed by atoms with Gasteiger partial charge in [-0.15, -0.1) is 0 Å². The average molecular weight is 474 g/mol. The van der Waals surface area contributed by atoms with Gasteiger partial charge in [0.1, 0.15) is 29.6 Å². The summed E-state index contributed by atoms with van der Waals surface area (Å²) in [4.78, 5) is 34.0. The van der Waals surface area contributed by atoms with Crippen LogP contribution in [-0.4, -0.2) is 89.7 Å². The van der Waals surface area contributed by atoms with Gasteiger partial charge in [-0.2, -0.15) is 9.07 Å². The average Bonchev–Trinajstić information content (AvgIpc) is 3.22. The van der Waals surface area contributed by atoms with Crippen LogP contribution in [0, 0.1) is 0 Å². The maximum Gasteiger partial charge on any atom is 0.279 e. The first-order chi connectivity index (χ1) is 13.5. The first kappa shape index (κ1) is 23.3. The highest BCUT2D eigenvalue weighted by atomic mass is 35.5. The number of nitrogens with one attached hydrogen (secondary N) is 1. The number of ketones is 2. The van der Waals surface area contributed by atoms with E-state index in [2.05, 4.69) is 15.0 Å². The van der Waals surface area contributed by atoms with Crippen LogP contribution < -0.4 is 9.47 Å². The minimum absolute atomic E-state index is 0.165. The molecule has 0 aliphatic rings. The molecule has 0 saturated heterocycles. The molecule has 15 heteroatoms. The van der Waals surface area contributed by atoms with Crippen LogP contribution in [-0.2, 0) is 0 Å². The molecule has 160 valence electrons. The van der Waals surface area contributed by atoms with E-state index in [0.717, 1.165) is 0 Å². The van der Waals surface area contributed by atoms with Crippen molar-refractivity contribution in [3.63, 3.8) is 0 Å². The molecule has 2 rings (SSSR count). The van der Waals surface area contributed by atoms with Crippen molar-refractivity contribution < 1.29 is 39.5 Å². The molecule has 2 aromatic rings. The van der Waals surface area contributed by atoms with Crippen LogP contribution in [0.15, 0.2) is 0 Å². The number of rotatable bonds is 9. The van der Waals surface area contributed by atoms with Gasteiger partial charge in [0.25, 0.3) is 11.8 Å². The lowest BCUT2D eigenvalue weighted by atomic mass is 9.97. The van der Waals surface area contributed by atoms with E-state index < -0.39 is 47.6 Å². The van der Waals surface area contributed by atoms with Crippen molar-refractivity contribution in [2.75, 3.05) is 14.2 Å². The number of ether oxygens (including phenoxy) is 2. The number of hydrogen-bond acceptors (Lipinski definition) is 10. The number of nitrogens with zero attached hydrogens (tertiary/aromatic N) is 3. The van der Waals surface area contributed by atoms with Crippen molar-refractivity contribution in [3.05, 3.63) is 22.0 Å². The standard InChI is InChI=1S/C14H15Cl3N4O8/c1-28-13-14(29-2)21(17)12(20-13)8(27)6(25)4(23)3(22)5(24)7(26)11-18-9(15)10(16)19-11/h3-6,22-25H,1-2H3,(H,18,19). The number of methoxy groups -OCH3 is 2. The molecule has 2 heterocycles. The van der Waals surface area contributed by atoms with Gasteiger partial charge in [-0.25, -0.2) is 4.98 Å². The van der Waals surface area contributed by atoms with Crippen LogP contribution in [0.25, 0.3) is 0 Å². The van der Waals surface area contributed by atoms with Crippen molar-refractivity contribution in [2.45, 2.75) is 24.4 Å². The Morgan fingerprint density at radius 1 is 1.00 bits per heavy atom. The van der Waals surface area contributed by atoms with Gasteiger partial charge in [0, 0.05) is 11.8 Å². The van der Waals surface area contributed by atoms with E-state index in [1.54, 1.807) is 0 Å². The van der Waals surface area contributed by atoms with Crippen LogP contribution in [0.3, 0.4) is 0 Å². The lowest BCUT2D eigenvalue weighted by molar-refractivity contribution is -0.0846. The molecule has 0 bridgehead atoms. The van der Waals surface area contributed by atoms with Crippen LogP contribution in [0.5, 0.6) is 11.8 Å². The van der Waals surface area contributed by atoms with Gasteiger partial charge in [-0.3, -0.25) is 9.59 Å². The number of aliphatic hydroxyl groups is 4. The monoisotopic (exact) mass is 472 g/mol. The Bertz CT molecular complexity index is 898. The Morgan fingerprint density at radius 3 is 1.97 bits per heavy atom. The molecule has 12 nitrogen and oxygen atoms in total. The van der Waals surface area contributed by atoms with Gasteiger partial charge in [0.2, 0.25) is 17.4 Å². The highest BCUT2D eigenvalue weighted by Gasteiger charge is 2.40. The van der Waals surface area contributed by atoms with E-state index in [1.165, 1.54) is 14.2 Å². The zero-order chi connectivity index (χ0) is 22.0. The summed E-state index contributed by atoms with van der Waals surface area (Å²) in [6.07, 6.45) is -9.23. The van der Waals surface area contributed by atoms with Gasteiger partial charge in [-0.05, 0) is 0 Å². The normalized spacial score (nSPS) is 15.5. The largest absolute Gasteiger partial charge is 0.477 e. The summed E-state index contributed by atoms with van der Waals surface area (Å²) in [5, 5.41) is 39.7. The minimum atomic E-state index is -2.33. The maximum absolute atomic E-state index is 12.4. The first-order valence-electron chi connectivity index (χ1n) is 7.63. The fourth-order valence-electron chi connectivity index (χ4n) is 2.22. The number of aliphatic hydroxyl groups excluding tert-OH is 4. The summed E-state index contributed by atoms with van der Waals surface area (Å²) in [6.45, 7) is 0. The number of carbonyl (C=O) groups is 2. The highest BCUT2D eigenvalue weighted by Crippen LogP contribution is 2.29. The number of hydrogen-bond donors (Lipinski definition) is 5. The number of imidazole rings is 2. The summed E-state index contributed by atoms with van der Waals surface area (Å²) in [6, 6.07) is 0. The molecule has 0 amide bonds. The predicted molar refractivity (Wildman–Crippen MR) is 97.9 cm³/mol. The Hall–Kier alpha value is -1.93. The van der Waals surface area contributed by atoms with Crippen molar-refractivity contribution in [1.82, 2.24) is 19.0 Å². The third-order valence-electron chi connectivity index (χ3n) is 3.75. The summed E-state index contributed by atoms with van der Waals surface area (Å²) in [5.41, 5.74) is 0. The lowest BCUT2D eigenvalue weighted by Crippen LogP contribution is -2.50. The van der Waals surface area contributed by atoms with Crippen molar-refractivity contribution in [3.8, 4) is 11.8 Å². The molecule has 4 unspecified atom stereocenters. The molecule has 0 fully saturated rings. The number of H-pyrrole nitrogens is 1. The van der Waals surface area contributed by atoms with Gasteiger partial charge in [0.15, 0.2) is 11.0 Å². The van der Waals surface area contributed by atoms with E-state index in [9.17, 15) is 30.0 Å². The van der Waals surface area contributed by atoms with Crippen molar-refractivity contribution >= 4 is 46.5 Å². The molecular formula is C14H15Cl3N4O8. The number of aromatic amines is 1. The Morgan fingerprint density at radius 2 is 1.55 bits per heavy atom. The minimum Gasteiger partial charge on any atom is -0.477 e. The number of carbonyl (C=O) groups excluding carboxylic acids is 2. The van der Waals surface area contributed by atoms with Crippen LogP contribution in [0.4, 0.5) is 0 Å². The number of halogens is 3. The van der Waals surface area contributed by atoms with Gasteiger partial charge in [-0.1, -0.05) is 23.2 Å². The summed E-state index contributed by atoms with van der Waals surface area (Å²) in [5.74, 6) is -3.91. The molecule has 0 aliphatic heterocycles. The molecule has 29 heavy (non-hydrogen) atoms. The maximum atomic E-state index is 12.4. The summed E-state index contributed by atoms with van der Waals surface area (Å²) >= 11 is 17.1. The molecule has 0 aromatic carbocycles. The molecule has 2 aromatic heterocycles. The van der Waals surface area contributed by atoms with E-state index >= 15 is 0 Å². The van der Waals surface area contributed by atoms with Gasteiger partial charge >= 0.3 is 0 Å². The number of aromatic nitrogens is 4. The van der Waals surface area contributed by atoms with Gasteiger partial charge < -0.3 is 34.9 Å². The second kappa shape index (κ2) is 9.26. The Kier molecular flexibility index (Phi) is 7.45. The summed E-state index contributed by atoms with van der Waals surface area (Å²) in [7, 11) is 2.44. The topological polar surface area (TPSA) is 180 Å². The molecule has 0 spiro atoms. The fourth-order valence-corrected chi connectivity index (χ4v) is 2.75. The zero-order valence-corrected chi connectivity index (χ0v) is 17.0. The predicted octanol–water partition coefficient (Wildman–Crippen LogP) is -0.559. The van der Waals surface area contributed by atoms with Gasteiger partial charge in [0.05, 0.1) is 14.2 Å². The molecular weight excluding hydrogens is 459 g/mol. The highest BCUT2D eigenvalue weighted by molar-refractivity contribution is 6.40. The molecule has 0 aliphatic carbocycles. The van der Waals surface area contributed by atoms with E-state index in [-0.39, 0.29) is 22.1 Å². The fraction of sp³-hybridized carbons (Fsp3) is 0.429. The van der Waals surface area contributed by atoms with Crippen molar-refractivity contribution in [1.29, 1.82) is 0 Å². The smallest absolute Gasteiger partial charge is 0.279 e. The second-order valence-corrected chi connectivity index (χ2v) is 6.60. The quantitative estimate of drug-likeness (QED) is 0.296. The van der Waals surface area contributed by atoms with E-state index in [0.29, 0.717) is 4.09 Å². The van der Waals surface area contributed by atoms with Crippen LogP contribution >= 0.6 is 35.0 Å². The van der Waals surface area contributed by atoms with Crippen LogP contribution in [0.1, 0.15) is 21.2 Å². The molecule has 0 saturated carbocycles. The molecule has 0 radical (unpaired) electrons.